The van der Waals surface area contributed by atoms with Crippen molar-refractivity contribution < 1.29 is 20.4 Å². The van der Waals surface area contributed by atoms with Crippen molar-refractivity contribution >= 4 is 0 Å². The van der Waals surface area contributed by atoms with Crippen molar-refractivity contribution in [1.82, 2.24) is 5.32 Å². The lowest BCUT2D eigenvalue weighted by Gasteiger charge is -2.28. The molecule has 74 valence electrons. The zero-order valence-corrected chi connectivity index (χ0v) is 7.19. The Balaban J connectivity index is 3.93. The van der Waals surface area contributed by atoms with Gasteiger partial charge in [-0.1, -0.05) is 0 Å². The SMILES string of the molecule is CC(O)NCC(CO)(CO)CO. The van der Waals surface area contributed by atoms with Crippen molar-refractivity contribution in [2.24, 2.45) is 5.41 Å². The highest BCUT2D eigenvalue weighted by molar-refractivity contribution is 4.79. The van der Waals surface area contributed by atoms with Crippen LogP contribution in [0.2, 0.25) is 0 Å². The summed E-state index contributed by atoms with van der Waals surface area (Å²) in [5.74, 6) is 0. The van der Waals surface area contributed by atoms with Gasteiger partial charge in [-0.2, -0.15) is 0 Å². The highest BCUT2D eigenvalue weighted by atomic mass is 16.3. The summed E-state index contributed by atoms with van der Waals surface area (Å²) < 4.78 is 0. The van der Waals surface area contributed by atoms with Gasteiger partial charge >= 0.3 is 0 Å². The minimum atomic E-state index is -0.947. The molecule has 0 radical (unpaired) electrons. The largest absolute Gasteiger partial charge is 0.396 e. The lowest BCUT2D eigenvalue weighted by molar-refractivity contribution is -0.00356. The number of rotatable bonds is 6. The van der Waals surface area contributed by atoms with Crippen molar-refractivity contribution in [2.45, 2.75) is 13.2 Å². The molecule has 5 N–H and O–H groups in total. The van der Waals surface area contributed by atoms with Crippen molar-refractivity contribution in [1.29, 1.82) is 0 Å². The average Bonchev–Trinajstić information content (AvgIpc) is 2.08. The molecule has 12 heavy (non-hydrogen) atoms. The number of hydrogen-bond acceptors (Lipinski definition) is 5. The minimum absolute atomic E-state index is 0.175. The zero-order chi connectivity index (χ0) is 9.61. The molecular formula is C7H17NO4. The lowest BCUT2D eigenvalue weighted by Crippen LogP contribution is -2.45. The van der Waals surface area contributed by atoms with Crippen LogP contribution in [-0.4, -0.2) is 53.0 Å². The molecule has 0 heterocycles. The summed E-state index contributed by atoms with van der Waals surface area (Å²) >= 11 is 0. The molecular weight excluding hydrogens is 162 g/mol. The normalized spacial score (nSPS) is 14.8. The zero-order valence-electron chi connectivity index (χ0n) is 7.19. The van der Waals surface area contributed by atoms with Crippen LogP contribution in [0.1, 0.15) is 6.92 Å². The predicted molar refractivity (Wildman–Crippen MR) is 43.4 cm³/mol. The third-order valence-corrected chi connectivity index (χ3v) is 1.78. The second-order valence-electron chi connectivity index (χ2n) is 3.03. The maximum Gasteiger partial charge on any atom is 0.102 e. The van der Waals surface area contributed by atoms with Gasteiger partial charge in [0.05, 0.1) is 25.2 Å². The van der Waals surface area contributed by atoms with Crippen molar-refractivity contribution in [3.63, 3.8) is 0 Å². The summed E-state index contributed by atoms with van der Waals surface area (Å²) in [6.07, 6.45) is -0.714. The smallest absolute Gasteiger partial charge is 0.102 e. The van der Waals surface area contributed by atoms with E-state index in [4.69, 9.17) is 20.4 Å². The lowest BCUT2D eigenvalue weighted by atomic mass is 9.91. The Hall–Kier alpha value is -0.200. The van der Waals surface area contributed by atoms with Crippen molar-refractivity contribution in [2.75, 3.05) is 26.4 Å². The quantitative estimate of drug-likeness (QED) is 0.301. The van der Waals surface area contributed by atoms with Gasteiger partial charge in [-0.3, -0.25) is 5.32 Å². The average molecular weight is 179 g/mol. The molecule has 0 aromatic rings. The maximum atomic E-state index is 8.85. The molecule has 0 amide bonds. The molecule has 0 aliphatic carbocycles. The van der Waals surface area contributed by atoms with Crippen LogP contribution in [0.15, 0.2) is 0 Å². The molecule has 0 rings (SSSR count). The van der Waals surface area contributed by atoms with Crippen molar-refractivity contribution in [3.05, 3.63) is 0 Å². The van der Waals surface area contributed by atoms with E-state index in [9.17, 15) is 0 Å². The van der Waals surface area contributed by atoms with Crippen LogP contribution in [0.5, 0.6) is 0 Å². The first-order chi connectivity index (χ1) is 5.60. The fourth-order valence-corrected chi connectivity index (χ4v) is 0.682. The highest BCUT2D eigenvalue weighted by Gasteiger charge is 2.27. The molecule has 0 aromatic carbocycles. The van der Waals surface area contributed by atoms with E-state index in [0.717, 1.165) is 0 Å². The molecule has 0 aliphatic rings. The standard InChI is InChI=1S/C7H17NO4/c1-6(12)8-2-7(3-9,4-10)5-11/h6,8-12H,2-5H2,1H3. The minimum Gasteiger partial charge on any atom is -0.396 e. The second-order valence-corrected chi connectivity index (χ2v) is 3.03. The molecule has 1 atom stereocenters. The highest BCUT2D eigenvalue weighted by Crippen LogP contribution is 2.12. The molecule has 0 saturated heterocycles. The summed E-state index contributed by atoms with van der Waals surface area (Å²) in [6, 6.07) is 0. The van der Waals surface area contributed by atoms with E-state index >= 15 is 0 Å². The van der Waals surface area contributed by atoms with Crippen molar-refractivity contribution in [3.8, 4) is 0 Å². The van der Waals surface area contributed by atoms with Crippen LogP contribution < -0.4 is 5.32 Å². The number of nitrogens with one attached hydrogen (secondary N) is 1. The molecule has 0 fully saturated rings. The van der Waals surface area contributed by atoms with E-state index in [0.29, 0.717) is 0 Å². The monoisotopic (exact) mass is 179 g/mol. The van der Waals surface area contributed by atoms with Crippen LogP contribution in [0, 0.1) is 5.41 Å². The van der Waals surface area contributed by atoms with Gasteiger partial charge in [0.25, 0.3) is 0 Å². The van der Waals surface area contributed by atoms with Gasteiger partial charge in [0.15, 0.2) is 0 Å². The van der Waals surface area contributed by atoms with E-state index < -0.39 is 11.6 Å². The van der Waals surface area contributed by atoms with E-state index in [1.165, 1.54) is 6.92 Å². The summed E-state index contributed by atoms with van der Waals surface area (Å²) in [5, 5.41) is 38.0. The first-order valence-corrected chi connectivity index (χ1v) is 3.84. The van der Waals surface area contributed by atoms with Gasteiger partial charge in [0.1, 0.15) is 6.23 Å². The number of hydrogen-bond donors (Lipinski definition) is 5. The summed E-state index contributed by atoms with van der Waals surface area (Å²) in [6.45, 7) is 0.740. The van der Waals surface area contributed by atoms with Crippen LogP contribution in [0.4, 0.5) is 0 Å². The van der Waals surface area contributed by atoms with Crippen LogP contribution in [0.25, 0.3) is 0 Å². The Morgan fingerprint density at radius 3 is 1.83 bits per heavy atom. The summed E-state index contributed by atoms with van der Waals surface area (Å²) in [5.41, 5.74) is -0.947. The third-order valence-electron chi connectivity index (χ3n) is 1.78. The number of aliphatic hydroxyl groups excluding tert-OH is 4. The Kier molecular flexibility index (Phi) is 5.36. The second kappa shape index (κ2) is 5.45. The van der Waals surface area contributed by atoms with Crippen LogP contribution in [-0.2, 0) is 0 Å². The van der Waals surface area contributed by atoms with Gasteiger partial charge in [0, 0.05) is 6.54 Å². The van der Waals surface area contributed by atoms with Crippen LogP contribution >= 0.6 is 0 Å². The Morgan fingerprint density at radius 2 is 1.58 bits per heavy atom. The molecule has 0 aromatic heterocycles. The van der Waals surface area contributed by atoms with E-state index in [-0.39, 0.29) is 26.4 Å². The third kappa shape index (κ3) is 3.46. The molecule has 0 spiro atoms. The Bertz CT molecular complexity index is 106. The molecule has 0 aliphatic heterocycles. The fraction of sp³-hybridized carbons (Fsp3) is 1.00. The molecule has 0 saturated carbocycles. The fourth-order valence-electron chi connectivity index (χ4n) is 0.682. The summed E-state index contributed by atoms with van der Waals surface area (Å²) in [4.78, 5) is 0. The summed E-state index contributed by atoms with van der Waals surface area (Å²) in [7, 11) is 0. The number of aliphatic hydroxyl groups is 4. The Labute approximate surface area is 71.7 Å². The van der Waals surface area contributed by atoms with Gasteiger partial charge < -0.3 is 20.4 Å². The molecule has 0 bridgehead atoms. The van der Waals surface area contributed by atoms with Gasteiger partial charge in [0.2, 0.25) is 0 Å². The van der Waals surface area contributed by atoms with E-state index in [2.05, 4.69) is 5.32 Å². The molecule has 5 heteroatoms. The maximum absolute atomic E-state index is 8.85. The van der Waals surface area contributed by atoms with Gasteiger partial charge in [-0.05, 0) is 6.92 Å². The van der Waals surface area contributed by atoms with E-state index in [1.54, 1.807) is 0 Å². The Morgan fingerprint density at radius 1 is 1.17 bits per heavy atom. The first-order valence-electron chi connectivity index (χ1n) is 3.84. The first kappa shape index (κ1) is 11.8. The molecule has 5 nitrogen and oxygen atoms in total. The van der Waals surface area contributed by atoms with Crippen LogP contribution in [0.3, 0.4) is 0 Å². The molecule has 1 unspecified atom stereocenters. The predicted octanol–water partition coefficient (Wildman–Crippen LogP) is -2.12. The van der Waals surface area contributed by atoms with Gasteiger partial charge in [-0.25, -0.2) is 0 Å². The van der Waals surface area contributed by atoms with Gasteiger partial charge in [-0.15, -0.1) is 0 Å². The van der Waals surface area contributed by atoms with E-state index in [1.807, 2.05) is 0 Å². The topological polar surface area (TPSA) is 93.0 Å².